The van der Waals surface area contributed by atoms with Crippen LogP contribution in [0.4, 0.5) is 0 Å². The number of aromatic amines is 2. The van der Waals surface area contributed by atoms with E-state index >= 15 is 0 Å². The summed E-state index contributed by atoms with van der Waals surface area (Å²) in [5, 5.41) is 28.5. The Bertz CT molecular complexity index is 456. The molecule has 0 aliphatic rings. The number of rotatable bonds is 13. The molecule has 23 heavy (non-hydrogen) atoms. The van der Waals surface area contributed by atoms with Gasteiger partial charge in [0.2, 0.25) is 0 Å². The topological polar surface area (TPSA) is 109 Å². The maximum Gasteiger partial charge on any atom is 0.185 e. The normalized spacial score (nSPS) is 11.4. The molecular weight excluding hydrogens is 332 g/mol. The molecule has 0 fully saturated rings. The summed E-state index contributed by atoms with van der Waals surface area (Å²) in [4.78, 5) is 0. The van der Waals surface area contributed by atoms with Gasteiger partial charge in [0.25, 0.3) is 0 Å². The average Bonchev–Trinajstić information content (AvgIpc) is 3.26. The molecule has 128 valence electrons. The number of thioether (sulfide) groups is 2. The number of tetrazole rings is 2. The Morgan fingerprint density at radius 1 is 0.826 bits per heavy atom. The molecule has 0 saturated carbocycles. The summed E-state index contributed by atoms with van der Waals surface area (Å²) in [6.07, 6.45) is 5.89. The summed E-state index contributed by atoms with van der Waals surface area (Å²) in [7, 11) is 0. The van der Waals surface area contributed by atoms with Crippen molar-refractivity contribution in [2.45, 2.75) is 44.9 Å². The van der Waals surface area contributed by atoms with Gasteiger partial charge in [-0.2, -0.15) is 34.0 Å². The van der Waals surface area contributed by atoms with Crippen LogP contribution >= 0.6 is 23.5 Å². The zero-order chi connectivity index (χ0) is 16.2. The maximum absolute atomic E-state index is 4.06. The van der Waals surface area contributed by atoms with Crippen LogP contribution in [0.25, 0.3) is 0 Å². The largest absolute Gasteiger partial charge is 0.185 e. The Labute approximate surface area is 144 Å². The van der Waals surface area contributed by atoms with Gasteiger partial charge in [-0.25, -0.2) is 0 Å². The monoisotopic (exact) mass is 356 g/mol. The molecule has 10 heteroatoms. The van der Waals surface area contributed by atoms with E-state index < -0.39 is 0 Å². The van der Waals surface area contributed by atoms with Crippen molar-refractivity contribution in [3.05, 3.63) is 11.6 Å². The van der Waals surface area contributed by atoms with Gasteiger partial charge in [-0.3, -0.25) is 0 Å². The van der Waals surface area contributed by atoms with E-state index in [1.54, 1.807) is 0 Å². The lowest BCUT2D eigenvalue weighted by Gasteiger charge is -2.08. The van der Waals surface area contributed by atoms with Crippen molar-refractivity contribution < 1.29 is 0 Å². The van der Waals surface area contributed by atoms with E-state index in [1.807, 2.05) is 11.8 Å². The molecule has 2 rings (SSSR count). The number of aromatic nitrogens is 8. The first-order chi connectivity index (χ1) is 11.4. The Kier molecular flexibility index (Phi) is 9.00. The highest BCUT2D eigenvalue weighted by atomic mass is 32.2. The highest BCUT2D eigenvalue weighted by Gasteiger charge is 2.22. The fourth-order valence-electron chi connectivity index (χ4n) is 2.11. The first-order valence-electron chi connectivity index (χ1n) is 8.04. The summed E-state index contributed by atoms with van der Waals surface area (Å²) in [5.41, 5.74) is 0. The van der Waals surface area contributed by atoms with E-state index in [1.165, 1.54) is 36.5 Å². The van der Waals surface area contributed by atoms with Crippen molar-refractivity contribution in [3.8, 4) is 0 Å². The third-order valence-electron chi connectivity index (χ3n) is 3.35. The predicted octanol–water partition coefficient (Wildman–Crippen LogP) is 2.28. The maximum atomic E-state index is 4.06. The van der Waals surface area contributed by atoms with Gasteiger partial charge in [0.05, 0.1) is 5.92 Å². The van der Waals surface area contributed by atoms with Crippen molar-refractivity contribution in [1.82, 2.24) is 41.2 Å². The van der Waals surface area contributed by atoms with Gasteiger partial charge in [0.1, 0.15) is 0 Å². The van der Waals surface area contributed by atoms with Crippen molar-refractivity contribution in [2.75, 3.05) is 23.0 Å². The second kappa shape index (κ2) is 11.4. The third-order valence-corrected chi connectivity index (χ3v) is 5.66. The van der Waals surface area contributed by atoms with Crippen LogP contribution in [0.15, 0.2) is 0 Å². The minimum Gasteiger partial charge on any atom is -0.177 e. The molecule has 0 aliphatic carbocycles. The highest BCUT2D eigenvalue weighted by Crippen LogP contribution is 2.23. The van der Waals surface area contributed by atoms with Crippen molar-refractivity contribution in [2.24, 2.45) is 0 Å². The summed E-state index contributed by atoms with van der Waals surface area (Å²) >= 11 is 4.09. The molecule has 0 aliphatic heterocycles. The van der Waals surface area contributed by atoms with Crippen LogP contribution in [0.2, 0.25) is 0 Å². The predicted molar refractivity (Wildman–Crippen MR) is 93.6 cm³/mol. The van der Waals surface area contributed by atoms with E-state index in [4.69, 9.17) is 0 Å². The molecule has 2 aromatic heterocycles. The van der Waals surface area contributed by atoms with Crippen molar-refractivity contribution in [1.29, 1.82) is 0 Å². The molecule has 0 spiro atoms. The Hall–Kier alpha value is -1.16. The lowest BCUT2D eigenvalue weighted by molar-refractivity contribution is 0.629. The van der Waals surface area contributed by atoms with Gasteiger partial charge in [0.15, 0.2) is 11.6 Å². The fraction of sp³-hybridized carbons (Fsp3) is 0.846. The first kappa shape index (κ1) is 18.2. The molecule has 0 unspecified atom stereocenters. The van der Waals surface area contributed by atoms with E-state index in [-0.39, 0.29) is 5.92 Å². The molecule has 8 nitrogen and oxygen atoms in total. The Morgan fingerprint density at radius 3 is 1.91 bits per heavy atom. The van der Waals surface area contributed by atoms with Gasteiger partial charge >= 0.3 is 0 Å². The minimum atomic E-state index is -0.0438. The summed E-state index contributed by atoms with van der Waals surface area (Å²) in [6, 6.07) is 0. The lowest BCUT2D eigenvalue weighted by atomic mass is 10.0. The smallest absolute Gasteiger partial charge is 0.177 e. The molecular formula is C13H24N8S2. The zero-order valence-electron chi connectivity index (χ0n) is 13.4. The Morgan fingerprint density at radius 2 is 1.39 bits per heavy atom. The molecule has 0 atom stereocenters. The molecule has 0 amide bonds. The van der Waals surface area contributed by atoms with Gasteiger partial charge in [-0.15, -0.1) is 20.4 Å². The van der Waals surface area contributed by atoms with Gasteiger partial charge in [0, 0.05) is 0 Å². The highest BCUT2D eigenvalue weighted by molar-refractivity contribution is 8.00. The number of H-pyrrole nitrogens is 2. The van der Waals surface area contributed by atoms with Crippen LogP contribution in [0, 0.1) is 0 Å². The molecule has 0 bridgehead atoms. The number of nitrogens with one attached hydrogen (secondary N) is 2. The average molecular weight is 357 g/mol. The Balaban J connectivity index is 1.58. The molecule has 0 saturated heterocycles. The zero-order valence-corrected chi connectivity index (χ0v) is 15.1. The molecule has 2 heterocycles. The number of hydrogen-bond donors (Lipinski definition) is 2. The summed E-state index contributed by atoms with van der Waals surface area (Å²) in [6.45, 7) is 2.24. The summed E-state index contributed by atoms with van der Waals surface area (Å²) < 4.78 is 0. The number of unbranched alkanes of at least 4 members (excludes halogenated alkanes) is 1. The van der Waals surface area contributed by atoms with Crippen LogP contribution in [0.5, 0.6) is 0 Å². The number of hydrogen-bond acceptors (Lipinski definition) is 8. The second-order valence-corrected chi connectivity index (χ2v) is 7.62. The van der Waals surface area contributed by atoms with Crippen LogP contribution in [0.3, 0.4) is 0 Å². The van der Waals surface area contributed by atoms with Crippen molar-refractivity contribution in [3.63, 3.8) is 0 Å². The second-order valence-electron chi connectivity index (χ2n) is 5.17. The van der Waals surface area contributed by atoms with Gasteiger partial charge < -0.3 is 0 Å². The molecule has 2 N–H and O–H groups in total. The lowest BCUT2D eigenvalue weighted by Crippen LogP contribution is -2.07. The van der Waals surface area contributed by atoms with Crippen LogP contribution < -0.4 is 0 Å². The van der Waals surface area contributed by atoms with Gasteiger partial charge in [-0.1, -0.05) is 23.8 Å². The quantitative estimate of drug-likeness (QED) is 0.526. The van der Waals surface area contributed by atoms with Crippen molar-refractivity contribution >= 4 is 23.5 Å². The van der Waals surface area contributed by atoms with E-state index in [2.05, 4.69) is 59.9 Å². The van der Waals surface area contributed by atoms with Crippen LogP contribution in [-0.4, -0.2) is 64.3 Å². The van der Waals surface area contributed by atoms with E-state index in [0.717, 1.165) is 18.6 Å². The van der Waals surface area contributed by atoms with Gasteiger partial charge in [-0.05, 0) is 48.7 Å². The standard InChI is InChI=1S/C13H24N8S2/c1-2-3-7-22-9-5-10-23-8-4-6-11(12-14-18-19-15-12)13-16-20-21-17-13/h11H,2-10H2,1H3,(H,14,15,18,19)(H,16,17,20,21). The fourth-order valence-corrected chi connectivity index (χ4v) is 4.26. The van der Waals surface area contributed by atoms with Crippen LogP contribution in [0.1, 0.15) is 56.6 Å². The van der Waals surface area contributed by atoms with E-state index in [0.29, 0.717) is 11.6 Å². The third kappa shape index (κ3) is 6.86. The number of nitrogens with zero attached hydrogens (tertiary/aromatic N) is 6. The molecule has 0 aromatic carbocycles. The first-order valence-corrected chi connectivity index (χ1v) is 10.3. The van der Waals surface area contributed by atoms with E-state index in [9.17, 15) is 0 Å². The molecule has 2 aromatic rings. The SMILES string of the molecule is CCCCSCCCSCCCC(c1nn[nH]n1)c1nn[nH]n1. The summed E-state index contributed by atoms with van der Waals surface area (Å²) in [5.74, 6) is 6.16. The minimum absolute atomic E-state index is 0.0438. The molecule has 0 radical (unpaired) electrons. The van der Waals surface area contributed by atoms with Crippen LogP contribution in [-0.2, 0) is 0 Å².